The smallest absolute Gasteiger partial charge is 0.0824 e. The zero-order valence-corrected chi connectivity index (χ0v) is 6.71. The van der Waals surface area contributed by atoms with Crippen molar-refractivity contribution >= 4 is 0 Å². The van der Waals surface area contributed by atoms with Crippen LogP contribution in [-0.2, 0) is 4.74 Å². The number of nitrogens with two attached hydrogens (primary N) is 1. The molecule has 0 aliphatic carbocycles. The first-order chi connectivity index (χ1) is 4.74. The van der Waals surface area contributed by atoms with Crippen LogP contribution in [0.3, 0.4) is 0 Å². The summed E-state index contributed by atoms with van der Waals surface area (Å²) in [6, 6.07) is 0.544. The predicted molar refractivity (Wildman–Crippen MR) is 40.9 cm³/mol. The van der Waals surface area contributed by atoms with Gasteiger partial charge in [0.1, 0.15) is 0 Å². The molecule has 0 amide bonds. The molecule has 0 aromatic carbocycles. The van der Waals surface area contributed by atoms with Crippen LogP contribution in [0.2, 0.25) is 0 Å². The van der Waals surface area contributed by atoms with Gasteiger partial charge in [-0.2, -0.15) is 0 Å². The lowest BCUT2D eigenvalue weighted by molar-refractivity contribution is -0.0432. The maximum atomic E-state index is 5.46. The van der Waals surface area contributed by atoms with E-state index in [1.165, 1.54) is 0 Å². The highest BCUT2D eigenvalue weighted by atomic mass is 16.5. The minimum atomic E-state index is 0.251. The molecule has 0 saturated carbocycles. The Bertz CT molecular complexity index is 108. The predicted octanol–water partition coefficient (Wildman–Crippen LogP) is -0.336. The third-order valence-corrected chi connectivity index (χ3v) is 2.08. The lowest BCUT2D eigenvalue weighted by Crippen LogP contribution is -2.48. The lowest BCUT2D eigenvalue weighted by atomic mass is 10.2. The van der Waals surface area contributed by atoms with Crippen LogP contribution in [-0.4, -0.2) is 43.8 Å². The molecule has 3 heteroatoms. The summed E-state index contributed by atoms with van der Waals surface area (Å²) in [7, 11) is 2.11. The van der Waals surface area contributed by atoms with Crippen LogP contribution in [0.1, 0.15) is 6.92 Å². The molecule has 1 rings (SSSR count). The van der Waals surface area contributed by atoms with Crippen molar-refractivity contribution in [2.75, 3.05) is 26.7 Å². The Hall–Kier alpha value is -0.120. The molecule has 3 nitrogen and oxygen atoms in total. The molecule has 1 fully saturated rings. The highest BCUT2D eigenvalue weighted by Crippen LogP contribution is 2.07. The average molecular weight is 144 g/mol. The summed E-state index contributed by atoms with van der Waals surface area (Å²) < 4.78 is 5.44. The average Bonchev–Trinajstić information content (AvgIpc) is 1.95. The summed E-state index contributed by atoms with van der Waals surface area (Å²) >= 11 is 0. The van der Waals surface area contributed by atoms with Crippen molar-refractivity contribution in [1.82, 2.24) is 4.90 Å². The van der Waals surface area contributed by atoms with Gasteiger partial charge < -0.3 is 10.5 Å². The molecule has 2 atom stereocenters. The normalized spacial score (nSPS) is 36.3. The Morgan fingerprint density at radius 1 is 1.70 bits per heavy atom. The van der Waals surface area contributed by atoms with E-state index < -0.39 is 0 Å². The Kier molecular flexibility index (Phi) is 2.65. The third-order valence-electron chi connectivity index (χ3n) is 2.08. The SMILES string of the molecule is C[C@H]1COC(CN)CN1C. The van der Waals surface area contributed by atoms with Crippen molar-refractivity contribution in [3.63, 3.8) is 0 Å². The standard InChI is InChI=1S/C7H16N2O/c1-6-5-10-7(3-8)4-9(6)2/h6-7H,3-5,8H2,1-2H3/t6-,7?/m0/s1. The van der Waals surface area contributed by atoms with E-state index in [1.807, 2.05) is 0 Å². The van der Waals surface area contributed by atoms with Gasteiger partial charge in [-0.05, 0) is 14.0 Å². The Morgan fingerprint density at radius 3 is 2.90 bits per heavy atom. The highest BCUT2D eigenvalue weighted by Gasteiger charge is 2.21. The third kappa shape index (κ3) is 1.68. The van der Waals surface area contributed by atoms with Crippen LogP contribution in [0.25, 0.3) is 0 Å². The first-order valence-corrected chi connectivity index (χ1v) is 3.76. The van der Waals surface area contributed by atoms with E-state index in [0.717, 1.165) is 13.2 Å². The molecule has 10 heavy (non-hydrogen) atoms. The fraction of sp³-hybridized carbons (Fsp3) is 1.00. The molecule has 1 aliphatic rings. The molecule has 1 heterocycles. The number of nitrogens with zero attached hydrogens (tertiary/aromatic N) is 1. The van der Waals surface area contributed by atoms with Gasteiger partial charge in [0.25, 0.3) is 0 Å². The van der Waals surface area contributed by atoms with Crippen molar-refractivity contribution < 1.29 is 4.74 Å². The van der Waals surface area contributed by atoms with Crippen LogP contribution >= 0.6 is 0 Å². The zero-order valence-electron chi connectivity index (χ0n) is 6.71. The number of hydrogen-bond donors (Lipinski definition) is 1. The van der Waals surface area contributed by atoms with E-state index in [2.05, 4.69) is 18.9 Å². The fourth-order valence-electron chi connectivity index (χ4n) is 1.10. The molecule has 1 saturated heterocycles. The van der Waals surface area contributed by atoms with E-state index in [1.54, 1.807) is 0 Å². The Balaban J connectivity index is 2.33. The Morgan fingerprint density at radius 2 is 2.40 bits per heavy atom. The van der Waals surface area contributed by atoms with Gasteiger partial charge in [-0.25, -0.2) is 0 Å². The summed E-state index contributed by atoms with van der Waals surface area (Å²) in [4.78, 5) is 2.28. The van der Waals surface area contributed by atoms with E-state index in [9.17, 15) is 0 Å². The molecule has 0 radical (unpaired) electrons. The van der Waals surface area contributed by atoms with E-state index in [4.69, 9.17) is 10.5 Å². The summed E-state index contributed by atoms with van der Waals surface area (Å²) in [6.07, 6.45) is 0.251. The molecule has 0 bridgehead atoms. The molecule has 1 aliphatic heterocycles. The monoisotopic (exact) mass is 144 g/mol. The van der Waals surface area contributed by atoms with Crippen LogP contribution < -0.4 is 5.73 Å². The second kappa shape index (κ2) is 3.32. The molecule has 0 aromatic heterocycles. The summed E-state index contributed by atoms with van der Waals surface area (Å²) in [5.74, 6) is 0. The zero-order chi connectivity index (χ0) is 7.56. The van der Waals surface area contributed by atoms with Crippen LogP contribution in [0.15, 0.2) is 0 Å². The molecular formula is C7H16N2O. The van der Waals surface area contributed by atoms with Gasteiger partial charge in [0.05, 0.1) is 12.7 Å². The second-order valence-corrected chi connectivity index (χ2v) is 2.98. The summed E-state index contributed by atoms with van der Waals surface area (Å²) in [6.45, 7) is 4.58. The topological polar surface area (TPSA) is 38.5 Å². The van der Waals surface area contributed by atoms with Crippen molar-refractivity contribution in [2.24, 2.45) is 5.73 Å². The van der Waals surface area contributed by atoms with Crippen molar-refractivity contribution in [3.8, 4) is 0 Å². The van der Waals surface area contributed by atoms with Gasteiger partial charge in [-0.3, -0.25) is 4.90 Å². The highest BCUT2D eigenvalue weighted by molar-refractivity contribution is 4.74. The summed E-state index contributed by atoms with van der Waals surface area (Å²) in [5, 5.41) is 0. The minimum Gasteiger partial charge on any atom is -0.374 e. The van der Waals surface area contributed by atoms with Gasteiger partial charge >= 0.3 is 0 Å². The molecule has 2 N–H and O–H groups in total. The van der Waals surface area contributed by atoms with E-state index >= 15 is 0 Å². The lowest BCUT2D eigenvalue weighted by Gasteiger charge is -2.34. The van der Waals surface area contributed by atoms with E-state index in [-0.39, 0.29) is 6.10 Å². The van der Waals surface area contributed by atoms with Crippen molar-refractivity contribution in [3.05, 3.63) is 0 Å². The largest absolute Gasteiger partial charge is 0.374 e. The van der Waals surface area contributed by atoms with Gasteiger partial charge in [-0.15, -0.1) is 0 Å². The second-order valence-electron chi connectivity index (χ2n) is 2.98. The van der Waals surface area contributed by atoms with Gasteiger partial charge in [0.15, 0.2) is 0 Å². The first-order valence-electron chi connectivity index (χ1n) is 3.76. The van der Waals surface area contributed by atoms with Gasteiger partial charge in [-0.1, -0.05) is 0 Å². The van der Waals surface area contributed by atoms with Crippen LogP contribution in [0.5, 0.6) is 0 Å². The molecule has 0 spiro atoms. The maximum Gasteiger partial charge on any atom is 0.0824 e. The summed E-state index contributed by atoms with van der Waals surface area (Å²) in [5.41, 5.74) is 5.46. The number of hydrogen-bond acceptors (Lipinski definition) is 3. The minimum absolute atomic E-state index is 0.251. The number of ether oxygens (including phenoxy) is 1. The number of likely N-dealkylation sites (N-methyl/N-ethyl adjacent to an activating group) is 1. The van der Waals surface area contributed by atoms with Crippen LogP contribution in [0, 0.1) is 0 Å². The quantitative estimate of drug-likeness (QED) is 0.547. The molecule has 0 aromatic rings. The fourth-order valence-corrected chi connectivity index (χ4v) is 1.10. The first kappa shape index (κ1) is 7.98. The van der Waals surface area contributed by atoms with Gasteiger partial charge in [0, 0.05) is 19.1 Å². The number of morpholine rings is 1. The van der Waals surface area contributed by atoms with Crippen molar-refractivity contribution in [1.29, 1.82) is 0 Å². The molecule has 60 valence electrons. The van der Waals surface area contributed by atoms with Crippen molar-refractivity contribution in [2.45, 2.75) is 19.1 Å². The number of rotatable bonds is 1. The molecule has 1 unspecified atom stereocenters. The van der Waals surface area contributed by atoms with Crippen LogP contribution in [0.4, 0.5) is 0 Å². The Labute approximate surface area is 62.1 Å². The maximum absolute atomic E-state index is 5.46. The van der Waals surface area contributed by atoms with E-state index in [0.29, 0.717) is 12.6 Å². The molecular weight excluding hydrogens is 128 g/mol. The van der Waals surface area contributed by atoms with Gasteiger partial charge in [0.2, 0.25) is 0 Å².